The molecule has 0 fully saturated rings. The number of hydrogen-bond acceptors (Lipinski definition) is 4. The highest BCUT2D eigenvalue weighted by Gasteiger charge is 2.16. The molecule has 0 spiro atoms. The minimum atomic E-state index is -0.111. The third kappa shape index (κ3) is 1.86. The van der Waals surface area contributed by atoms with E-state index >= 15 is 0 Å². The predicted octanol–water partition coefficient (Wildman–Crippen LogP) is 2.03. The van der Waals surface area contributed by atoms with Gasteiger partial charge in [0.15, 0.2) is 5.82 Å². The summed E-state index contributed by atoms with van der Waals surface area (Å²) in [5.74, 6) is 0.325. The molecule has 2 heterocycles. The number of hydrogen-bond donors (Lipinski definition) is 2. The van der Waals surface area contributed by atoms with Gasteiger partial charge in [-0.1, -0.05) is 18.2 Å². The average molecular weight is 272 g/mol. The summed E-state index contributed by atoms with van der Waals surface area (Å²) in [4.78, 5) is 13.2. The van der Waals surface area contributed by atoms with Gasteiger partial charge in [-0.25, -0.2) is 4.68 Å². The molecule has 2 aromatic heterocycles. The van der Waals surface area contributed by atoms with Gasteiger partial charge in [0.05, 0.1) is 16.0 Å². The van der Waals surface area contributed by atoms with Crippen molar-refractivity contribution in [2.75, 3.05) is 12.8 Å². The van der Waals surface area contributed by atoms with Crippen molar-refractivity contribution in [1.29, 1.82) is 0 Å². The third-order valence-corrected chi connectivity index (χ3v) is 3.95. The van der Waals surface area contributed by atoms with Crippen LogP contribution in [0.4, 0.5) is 5.82 Å². The van der Waals surface area contributed by atoms with E-state index in [1.165, 1.54) is 11.3 Å². The summed E-state index contributed by atoms with van der Waals surface area (Å²) in [6, 6.07) is 11.5. The minimum absolute atomic E-state index is 0.111. The maximum absolute atomic E-state index is 11.7. The first-order valence-electron chi connectivity index (χ1n) is 5.76. The van der Waals surface area contributed by atoms with Crippen LogP contribution in [0, 0.1) is 0 Å². The lowest BCUT2D eigenvalue weighted by Crippen LogP contribution is -2.16. The van der Waals surface area contributed by atoms with E-state index in [-0.39, 0.29) is 5.91 Å². The molecule has 0 radical (unpaired) electrons. The molecule has 0 aliphatic carbocycles. The van der Waals surface area contributed by atoms with Gasteiger partial charge in [-0.3, -0.25) is 4.79 Å². The van der Waals surface area contributed by atoms with Crippen molar-refractivity contribution in [2.24, 2.45) is 0 Å². The Kier molecular flexibility index (Phi) is 2.72. The van der Waals surface area contributed by atoms with E-state index in [2.05, 4.69) is 10.4 Å². The van der Waals surface area contributed by atoms with Gasteiger partial charge in [0.2, 0.25) is 0 Å². The Morgan fingerprint density at radius 2 is 2.11 bits per heavy atom. The van der Waals surface area contributed by atoms with E-state index in [4.69, 9.17) is 5.73 Å². The lowest BCUT2D eigenvalue weighted by atomic mass is 10.3. The molecular formula is C13H12N4OS. The number of para-hydroxylation sites is 1. The van der Waals surface area contributed by atoms with Crippen molar-refractivity contribution in [2.45, 2.75) is 0 Å². The Morgan fingerprint density at radius 1 is 1.37 bits per heavy atom. The van der Waals surface area contributed by atoms with Gasteiger partial charge >= 0.3 is 0 Å². The second-order valence-electron chi connectivity index (χ2n) is 4.04. The Labute approximate surface area is 113 Å². The molecule has 19 heavy (non-hydrogen) atoms. The number of nitrogen functional groups attached to an aromatic ring is 1. The van der Waals surface area contributed by atoms with Crippen LogP contribution < -0.4 is 11.1 Å². The Morgan fingerprint density at radius 3 is 2.79 bits per heavy atom. The summed E-state index contributed by atoms with van der Waals surface area (Å²) < 4.78 is 1.77. The van der Waals surface area contributed by atoms with Crippen LogP contribution in [0.3, 0.4) is 0 Å². The smallest absolute Gasteiger partial charge is 0.261 e. The van der Waals surface area contributed by atoms with Crippen LogP contribution in [0.5, 0.6) is 0 Å². The number of fused-ring (bicyclic) bond motifs is 1. The monoisotopic (exact) mass is 272 g/mol. The quantitative estimate of drug-likeness (QED) is 0.749. The van der Waals surface area contributed by atoms with Crippen LogP contribution >= 0.6 is 11.3 Å². The average Bonchev–Trinajstić information content (AvgIpc) is 3.00. The van der Waals surface area contributed by atoms with Crippen molar-refractivity contribution >= 4 is 33.3 Å². The Balaban J connectivity index is 2.21. The van der Waals surface area contributed by atoms with E-state index in [1.807, 2.05) is 30.3 Å². The number of carbonyl (C=O) groups excluding carboxylic acids is 1. The summed E-state index contributed by atoms with van der Waals surface area (Å²) in [6.07, 6.45) is 0. The summed E-state index contributed by atoms with van der Waals surface area (Å²) in [7, 11) is 1.61. The van der Waals surface area contributed by atoms with Crippen LogP contribution in [0.25, 0.3) is 15.9 Å². The number of nitrogens with one attached hydrogen (secondary N) is 1. The molecule has 0 unspecified atom stereocenters. The minimum Gasteiger partial charge on any atom is -0.382 e. The topological polar surface area (TPSA) is 72.9 Å². The number of nitrogens with zero attached hydrogens (tertiary/aromatic N) is 2. The SMILES string of the molecule is CNC(=O)c1cc2c(N)nn(-c3ccccc3)c2s1. The molecule has 0 aliphatic heterocycles. The molecule has 96 valence electrons. The van der Waals surface area contributed by atoms with E-state index < -0.39 is 0 Å². The van der Waals surface area contributed by atoms with Gasteiger partial charge in [0.1, 0.15) is 4.83 Å². The zero-order chi connectivity index (χ0) is 13.4. The molecule has 5 nitrogen and oxygen atoms in total. The van der Waals surface area contributed by atoms with Crippen molar-refractivity contribution in [3.63, 3.8) is 0 Å². The number of thiophene rings is 1. The van der Waals surface area contributed by atoms with Gasteiger partial charge in [-0.2, -0.15) is 0 Å². The molecule has 3 N–H and O–H groups in total. The van der Waals surface area contributed by atoms with E-state index in [0.29, 0.717) is 10.7 Å². The molecule has 0 bridgehead atoms. The van der Waals surface area contributed by atoms with Crippen LogP contribution in [0.15, 0.2) is 36.4 Å². The normalized spacial score (nSPS) is 10.8. The highest BCUT2D eigenvalue weighted by atomic mass is 32.1. The van der Waals surface area contributed by atoms with Crippen molar-refractivity contribution < 1.29 is 4.79 Å². The largest absolute Gasteiger partial charge is 0.382 e. The molecule has 3 aromatic rings. The second-order valence-corrected chi connectivity index (χ2v) is 5.07. The highest BCUT2D eigenvalue weighted by molar-refractivity contribution is 7.20. The fourth-order valence-electron chi connectivity index (χ4n) is 1.91. The van der Waals surface area contributed by atoms with Crippen LogP contribution in [-0.4, -0.2) is 22.7 Å². The van der Waals surface area contributed by atoms with Gasteiger partial charge in [0.25, 0.3) is 5.91 Å². The predicted molar refractivity (Wildman–Crippen MR) is 76.7 cm³/mol. The van der Waals surface area contributed by atoms with Crippen LogP contribution in [0.2, 0.25) is 0 Å². The second kappa shape index (κ2) is 4.40. The van der Waals surface area contributed by atoms with Gasteiger partial charge in [-0.15, -0.1) is 16.4 Å². The molecule has 0 aliphatic rings. The van der Waals surface area contributed by atoms with Crippen LogP contribution in [0.1, 0.15) is 9.67 Å². The zero-order valence-corrected chi connectivity index (χ0v) is 11.1. The highest BCUT2D eigenvalue weighted by Crippen LogP contribution is 2.31. The number of benzene rings is 1. The molecule has 6 heteroatoms. The number of rotatable bonds is 2. The first-order valence-corrected chi connectivity index (χ1v) is 6.58. The standard InChI is InChI=1S/C13H12N4OS/c1-15-12(18)10-7-9-11(14)16-17(13(9)19-10)8-5-3-2-4-6-8/h2-7H,1H3,(H2,14,16)(H,15,18). The van der Waals surface area contributed by atoms with E-state index in [0.717, 1.165) is 15.9 Å². The number of nitrogens with two attached hydrogens (primary N) is 1. The van der Waals surface area contributed by atoms with Gasteiger partial charge < -0.3 is 11.1 Å². The van der Waals surface area contributed by atoms with Gasteiger partial charge in [-0.05, 0) is 18.2 Å². The summed E-state index contributed by atoms with van der Waals surface area (Å²) in [5.41, 5.74) is 6.84. The number of carbonyl (C=O) groups is 1. The fourth-order valence-corrected chi connectivity index (χ4v) is 2.99. The number of anilines is 1. The van der Waals surface area contributed by atoms with Crippen molar-refractivity contribution in [3.8, 4) is 5.69 Å². The molecule has 3 rings (SSSR count). The summed E-state index contributed by atoms with van der Waals surface area (Å²) >= 11 is 1.38. The molecule has 0 saturated carbocycles. The zero-order valence-electron chi connectivity index (χ0n) is 10.3. The number of aromatic nitrogens is 2. The molecule has 0 saturated heterocycles. The lowest BCUT2D eigenvalue weighted by molar-refractivity contribution is 0.0967. The molecular weight excluding hydrogens is 260 g/mol. The molecule has 1 amide bonds. The Bertz CT molecular complexity index is 745. The molecule has 0 atom stereocenters. The maximum Gasteiger partial charge on any atom is 0.261 e. The lowest BCUT2D eigenvalue weighted by Gasteiger charge is -2.00. The molecule has 1 aromatic carbocycles. The van der Waals surface area contributed by atoms with Crippen molar-refractivity contribution in [1.82, 2.24) is 15.1 Å². The maximum atomic E-state index is 11.7. The van der Waals surface area contributed by atoms with E-state index in [9.17, 15) is 4.79 Å². The number of amides is 1. The first-order chi connectivity index (χ1) is 9.20. The van der Waals surface area contributed by atoms with E-state index in [1.54, 1.807) is 17.8 Å². The third-order valence-electron chi connectivity index (χ3n) is 2.84. The van der Waals surface area contributed by atoms with Crippen LogP contribution in [-0.2, 0) is 0 Å². The first kappa shape index (κ1) is 11.7. The fraction of sp³-hybridized carbons (Fsp3) is 0.0769. The summed E-state index contributed by atoms with van der Waals surface area (Å²) in [6.45, 7) is 0. The van der Waals surface area contributed by atoms with Gasteiger partial charge in [0, 0.05) is 7.05 Å². The summed E-state index contributed by atoms with van der Waals surface area (Å²) in [5, 5.41) is 7.74. The Hall–Kier alpha value is -2.34. The van der Waals surface area contributed by atoms with Crippen molar-refractivity contribution in [3.05, 3.63) is 41.3 Å².